The molecule has 1 heterocycles. The summed E-state index contributed by atoms with van der Waals surface area (Å²) < 4.78 is 6.12. The maximum absolute atomic E-state index is 6.57. The Morgan fingerprint density at radius 3 is 2.56 bits per heavy atom. The van der Waals surface area contributed by atoms with Crippen molar-refractivity contribution in [2.75, 3.05) is 0 Å². The van der Waals surface area contributed by atoms with Crippen LogP contribution in [-0.4, -0.2) is 5.60 Å². The van der Waals surface area contributed by atoms with Gasteiger partial charge in [-0.2, -0.15) is 0 Å². The van der Waals surface area contributed by atoms with Gasteiger partial charge in [0.1, 0.15) is 11.4 Å². The summed E-state index contributed by atoms with van der Waals surface area (Å²) in [4.78, 5) is 0. The van der Waals surface area contributed by atoms with E-state index in [9.17, 15) is 0 Å². The number of benzene rings is 1. The second kappa shape index (κ2) is 3.88. The van der Waals surface area contributed by atoms with Crippen molar-refractivity contribution < 1.29 is 4.74 Å². The summed E-state index contributed by atoms with van der Waals surface area (Å²) in [6.07, 6.45) is 5.36. The third kappa shape index (κ3) is 1.92. The minimum atomic E-state index is -0.241. The number of hydrogen-bond acceptors (Lipinski definition) is 2. The molecule has 1 aliphatic heterocycles. The Morgan fingerprint density at radius 2 is 1.89 bits per heavy atom. The molecule has 2 aliphatic rings. The van der Waals surface area contributed by atoms with Gasteiger partial charge in [-0.3, -0.25) is 0 Å². The summed E-state index contributed by atoms with van der Waals surface area (Å²) in [5.41, 5.74) is 8.52. The largest absolute Gasteiger partial charge is 0.487 e. The van der Waals surface area contributed by atoms with Gasteiger partial charge in [0, 0.05) is 22.5 Å². The lowest BCUT2D eigenvalue weighted by Crippen LogP contribution is -2.34. The van der Waals surface area contributed by atoms with E-state index in [1.165, 1.54) is 18.4 Å². The minimum Gasteiger partial charge on any atom is -0.487 e. The summed E-state index contributed by atoms with van der Waals surface area (Å²) in [5.74, 6) is 0.994. The van der Waals surface area contributed by atoms with E-state index in [-0.39, 0.29) is 11.1 Å². The van der Waals surface area contributed by atoms with Gasteiger partial charge >= 0.3 is 0 Å². The highest BCUT2D eigenvalue weighted by atomic mass is 35.5. The van der Waals surface area contributed by atoms with Crippen molar-refractivity contribution in [1.82, 2.24) is 0 Å². The Bertz CT molecular complexity index is 490. The highest BCUT2D eigenvalue weighted by Crippen LogP contribution is 2.47. The zero-order valence-corrected chi connectivity index (χ0v) is 11.8. The van der Waals surface area contributed by atoms with Gasteiger partial charge in [0.25, 0.3) is 0 Å². The van der Waals surface area contributed by atoms with Crippen LogP contribution < -0.4 is 10.5 Å². The molecule has 0 bridgehead atoms. The van der Waals surface area contributed by atoms with E-state index in [0.29, 0.717) is 0 Å². The van der Waals surface area contributed by atoms with Crippen LogP contribution in [0.3, 0.4) is 0 Å². The van der Waals surface area contributed by atoms with Crippen LogP contribution in [0.2, 0.25) is 5.02 Å². The van der Waals surface area contributed by atoms with Crippen molar-refractivity contribution in [2.45, 2.75) is 57.1 Å². The third-order valence-electron chi connectivity index (χ3n) is 4.16. The second-order valence-electron chi connectivity index (χ2n) is 6.34. The highest BCUT2D eigenvalue weighted by molar-refractivity contribution is 6.30. The molecule has 1 saturated carbocycles. The molecule has 1 aliphatic carbocycles. The van der Waals surface area contributed by atoms with Crippen molar-refractivity contribution in [3.05, 3.63) is 28.3 Å². The maximum Gasteiger partial charge on any atom is 0.128 e. The van der Waals surface area contributed by atoms with E-state index >= 15 is 0 Å². The van der Waals surface area contributed by atoms with Crippen LogP contribution in [-0.2, 0) is 12.0 Å². The van der Waals surface area contributed by atoms with Crippen LogP contribution in [0.15, 0.2) is 12.1 Å². The predicted molar refractivity (Wildman–Crippen MR) is 74.2 cm³/mol. The normalized spacial score (nSPS) is 23.8. The first kappa shape index (κ1) is 12.3. The summed E-state index contributed by atoms with van der Waals surface area (Å²) in [7, 11) is 0. The Hall–Kier alpha value is -0.730. The number of ether oxygens (including phenoxy) is 1. The van der Waals surface area contributed by atoms with Gasteiger partial charge in [-0.25, -0.2) is 0 Å². The molecule has 3 heteroatoms. The maximum atomic E-state index is 6.57. The van der Waals surface area contributed by atoms with E-state index in [0.717, 1.165) is 35.6 Å². The average molecular weight is 266 g/mol. The van der Waals surface area contributed by atoms with Crippen molar-refractivity contribution in [2.24, 2.45) is 5.73 Å². The number of halogens is 1. The summed E-state index contributed by atoms with van der Waals surface area (Å²) in [5, 5.41) is 0.779. The monoisotopic (exact) mass is 265 g/mol. The molecule has 0 radical (unpaired) electrons. The molecule has 98 valence electrons. The Morgan fingerprint density at radius 1 is 1.22 bits per heavy atom. The van der Waals surface area contributed by atoms with Crippen LogP contribution in [0.25, 0.3) is 0 Å². The molecule has 3 rings (SSSR count). The average Bonchev–Trinajstić information content (AvgIpc) is 2.80. The first-order valence-electron chi connectivity index (χ1n) is 6.70. The fraction of sp³-hybridized carbons (Fsp3) is 0.600. The van der Waals surface area contributed by atoms with Gasteiger partial charge < -0.3 is 10.5 Å². The van der Waals surface area contributed by atoms with Gasteiger partial charge in [-0.05, 0) is 44.4 Å². The molecular weight excluding hydrogens is 246 g/mol. The van der Waals surface area contributed by atoms with E-state index in [1.54, 1.807) is 0 Å². The number of nitrogens with two attached hydrogens (primary N) is 1. The lowest BCUT2D eigenvalue weighted by atomic mass is 9.87. The molecule has 0 aromatic heterocycles. The third-order valence-corrected chi connectivity index (χ3v) is 4.38. The first-order valence-corrected chi connectivity index (χ1v) is 7.08. The minimum absolute atomic E-state index is 0.142. The zero-order valence-electron chi connectivity index (χ0n) is 11.1. The van der Waals surface area contributed by atoms with Crippen molar-refractivity contribution in [1.29, 1.82) is 0 Å². The molecule has 1 aromatic rings. The van der Waals surface area contributed by atoms with Crippen LogP contribution in [0.5, 0.6) is 5.75 Å². The second-order valence-corrected chi connectivity index (χ2v) is 6.78. The number of fused-ring (bicyclic) bond motifs is 1. The Labute approximate surface area is 113 Å². The van der Waals surface area contributed by atoms with E-state index < -0.39 is 0 Å². The van der Waals surface area contributed by atoms with E-state index in [2.05, 4.69) is 13.8 Å². The lowest BCUT2D eigenvalue weighted by molar-refractivity contribution is 0.135. The topological polar surface area (TPSA) is 35.2 Å². The van der Waals surface area contributed by atoms with Gasteiger partial charge in [0.15, 0.2) is 0 Å². The van der Waals surface area contributed by atoms with Gasteiger partial charge in [-0.15, -0.1) is 0 Å². The molecule has 0 spiro atoms. The van der Waals surface area contributed by atoms with E-state index in [4.69, 9.17) is 22.1 Å². The predicted octanol–water partition coefficient (Wildman–Crippen LogP) is 3.78. The smallest absolute Gasteiger partial charge is 0.128 e. The number of hydrogen-bond donors (Lipinski definition) is 1. The first-order chi connectivity index (χ1) is 8.40. The molecule has 0 atom stereocenters. The van der Waals surface area contributed by atoms with Crippen molar-refractivity contribution in [3.8, 4) is 5.75 Å². The van der Waals surface area contributed by atoms with Crippen molar-refractivity contribution >= 4 is 11.6 Å². The molecule has 2 N–H and O–H groups in total. The van der Waals surface area contributed by atoms with Crippen molar-refractivity contribution in [3.63, 3.8) is 0 Å². The fourth-order valence-electron chi connectivity index (χ4n) is 3.32. The highest BCUT2D eigenvalue weighted by Gasteiger charge is 2.39. The molecule has 0 saturated heterocycles. The van der Waals surface area contributed by atoms with E-state index in [1.807, 2.05) is 12.1 Å². The summed E-state index contributed by atoms with van der Waals surface area (Å²) in [6.45, 7) is 4.23. The summed E-state index contributed by atoms with van der Waals surface area (Å²) >= 11 is 6.25. The Balaban J connectivity index is 2.11. The van der Waals surface area contributed by atoms with Crippen LogP contribution in [0.4, 0.5) is 0 Å². The molecule has 1 fully saturated rings. The summed E-state index contributed by atoms with van der Waals surface area (Å²) in [6, 6.07) is 4.03. The van der Waals surface area contributed by atoms with Crippen LogP contribution >= 0.6 is 11.6 Å². The lowest BCUT2D eigenvalue weighted by Gasteiger charge is -2.27. The molecule has 0 unspecified atom stereocenters. The molecule has 0 amide bonds. The van der Waals surface area contributed by atoms with Gasteiger partial charge in [-0.1, -0.05) is 24.4 Å². The van der Waals surface area contributed by atoms with Gasteiger partial charge in [0.05, 0.1) is 0 Å². The number of rotatable bonds is 1. The quantitative estimate of drug-likeness (QED) is 0.839. The fourth-order valence-corrected chi connectivity index (χ4v) is 3.56. The molecule has 1 aromatic carbocycles. The molecular formula is C15H20ClNO. The SMILES string of the molecule is CC1(C)Cc2cc(Cl)cc(C3(N)CCCC3)c2O1. The van der Waals surface area contributed by atoms with Crippen LogP contribution in [0.1, 0.15) is 50.7 Å². The van der Waals surface area contributed by atoms with Gasteiger partial charge in [0.2, 0.25) is 0 Å². The Kier molecular flexibility index (Phi) is 2.65. The van der Waals surface area contributed by atoms with Crippen LogP contribution in [0, 0.1) is 0 Å². The zero-order chi connectivity index (χ0) is 13.0. The molecule has 18 heavy (non-hydrogen) atoms. The standard InChI is InChI=1S/C15H20ClNO/c1-14(2)9-10-7-11(16)8-12(13(10)18-14)15(17)5-3-4-6-15/h7-8H,3-6,9,17H2,1-2H3. The molecule has 2 nitrogen and oxygen atoms in total.